The van der Waals surface area contributed by atoms with Crippen LogP contribution in [-0.4, -0.2) is 36.1 Å². The third-order valence-corrected chi connectivity index (χ3v) is 2.81. The van der Waals surface area contributed by atoms with E-state index in [4.69, 9.17) is 10.5 Å². The molecule has 1 atom stereocenters. The van der Waals surface area contributed by atoms with Crippen LogP contribution in [-0.2, 0) is 9.53 Å². The Bertz CT molecular complexity index is 576. The maximum atomic E-state index is 12.0. The molecule has 0 aliphatic carbocycles. The summed E-state index contributed by atoms with van der Waals surface area (Å²) in [4.78, 5) is 35.1. The van der Waals surface area contributed by atoms with Crippen LogP contribution >= 0.6 is 0 Å². The zero-order valence-electron chi connectivity index (χ0n) is 13.8. The number of benzene rings is 1. The first-order valence-corrected chi connectivity index (χ1v) is 7.22. The summed E-state index contributed by atoms with van der Waals surface area (Å²) in [6.07, 6.45) is -0.772. The molecular formula is C16H23N3O4. The Morgan fingerprint density at radius 2 is 1.74 bits per heavy atom. The Morgan fingerprint density at radius 1 is 1.17 bits per heavy atom. The van der Waals surface area contributed by atoms with E-state index in [9.17, 15) is 14.4 Å². The first-order valence-electron chi connectivity index (χ1n) is 7.22. The van der Waals surface area contributed by atoms with Crippen LogP contribution in [0.5, 0.6) is 0 Å². The number of carbonyl (C=O) groups is 3. The van der Waals surface area contributed by atoms with Crippen LogP contribution in [0.2, 0.25) is 0 Å². The molecule has 0 saturated carbocycles. The van der Waals surface area contributed by atoms with Gasteiger partial charge in [0.1, 0.15) is 11.6 Å². The van der Waals surface area contributed by atoms with Gasteiger partial charge < -0.3 is 21.1 Å². The lowest BCUT2D eigenvalue weighted by molar-refractivity contribution is -0.119. The minimum atomic E-state index is -1.06. The first-order chi connectivity index (χ1) is 10.6. The van der Waals surface area contributed by atoms with Gasteiger partial charge in [0, 0.05) is 12.1 Å². The number of ether oxygens (including phenoxy) is 1. The number of hydrogen-bond acceptors (Lipinski definition) is 4. The number of nitrogens with one attached hydrogen (secondary N) is 2. The zero-order valence-corrected chi connectivity index (χ0v) is 13.8. The van der Waals surface area contributed by atoms with Gasteiger partial charge >= 0.3 is 6.09 Å². The molecule has 1 aromatic carbocycles. The number of aryl methyl sites for hydroxylation is 1. The predicted octanol–water partition coefficient (Wildman–Crippen LogP) is 1.10. The molecule has 0 unspecified atom stereocenters. The number of carbonyl (C=O) groups excluding carboxylic acids is 3. The van der Waals surface area contributed by atoms with Gasteiger partial charge in [-0.2, -0.15) is 0 Å². The van der Waals surface area contributed by atoms with Crippen molar-refractivity contribution >= 4 is 17.9 Å². The highest BCUT2D eigenvalue weighted by molar-refractivity contribution is 5.95. The summed E-state index contributed by atoms with van der Waals surface area (Å²) >= 11 is 0. The third-order valence-electron chi connectivity index (χ3n) is 2.81. The summed E-state index contributed by atoms with van der Waals surface area (Å²) in [5, 5.41) is 4.90. The number of hydrogen-bond donors (Lipinski definition) is 3. The SMILES string of the molecule is Cc1ccc(C(=O)NC[C@H](NC(=O)OC(C)(C)C)C(N)=O)cc1. The molecule has 23 heavy (non-hydrogen) atoms. The molecule has 1 rings (SSSR count). The predicted molar refractivity (Wildman–Crippen MR) is 85.9 cm³/mol. The minimum absolute atomic E-state index is 0.124. The molecule has 0 aliphatic rings. The highest BCUT2D eigenvalue weighted by Gasteiger charge is 2.23. The van der Waals surface area contributed by atoms with E-state index in [0.717, 1.165) is 5.56 Å². The summed E-state index contributed by atoms with van der Waals surface area (Å²) in [6, 6.07) is 5.90. The lowest BCUT2D eigenvalue weighted by Crippen LogP contribution is -2.52. The molecule has 0 radical (unpaired) electrons. The van der Waals surface area contributed by atoms with Gasteiger partial charge in [-0.3, -0.25) is 9.59 Å². The number of rotatable bonds is 5. The molecule has 0 heterocycles. The van der Waals surface area contributed by atoms with E-state index in [1.807, 2.05) is 6.92 Å². The Hall–Kier alpha value is -2.57. The van der Waals surface area contributed by atoms with Crippen molar-refractivity contribution in [3.8, 4) is 0 Å². The van der Waals surface area contributed by atoms with Gasteiger partial charge in [-0.05, 0) is 39.8 Å². The van der Waals surface area contributed by atoms with Crippen LogP contribution in [0.1, 0.15) is 36.7 Å². The molecule has 0 fully saturated rings. The molecule has 126 valence electrons. The smallest absolute Gasteiger partial charge is 0.408 e. The van der Waals surface area contributed by atoms with Gasteiger partial charge in [0.15, 0.2) is 0 Å². The van der Waals surface area contributed by atoms with E-state index in [1.54, 1.807) is 45.0 Å². The van der Waals surface area contributed by atoms with Crippen LogP contribution in [0.3, 0.4) is 0 Å². The van der Waals surface area contributed by atoms with Crippen LogP contribution in [0, 0.1) is 6.92 Å². The van der Waals surface area contributed by atoms with Gasteiger partial charge in [0.05, 0.1) is 0 Å². The Kier molecular flexibility index (Phi) is 6.12. The first kappa shape index (κ1) is 18.5. The van der Waals surface area contributed by atoms with Crippen molar-refractivity contribution in [3.05, 3.63) is 35.4 Å². The third kappa shape index (κ3) is 6.82. The fourth-order valence-corrected chi connectivity index (χ4v) is 1.67. The van der Waals surface area contributed by atoms with Crippen LogP contribution < -0.4 is 16.4 Å². The second-order valence-corrected chi connectivity index (χ2v) is 6.18. The number of nitrogens with two attached hydrogens (primary N) is 1. The topological polar surface area (TPSA) is 111 Å². The number of primary amides is 1. The lowest BCUT2D eigenvalue weighted by Gasteiger charge is -2.22. The van der Waals surface area contributed by atoms with Crippen LogP contribution in [0.25, 0.3) is 0 Å². The standard InChI is InChI=1S/C16H23N3O4/c1-10-5-7-11(8-6-10)14(21)18-9-12(13(17)20)19-15(22)23-16(2,3)4/h5-8,12H,9H2,1-4H3,(H2,17,20)(H,18,21)(H,19,22)/t12-/m0/s1. The monoisotopic (exact) mass is 321 g/mol. The van der Waals surface area contributed by atoms with Crippen LogP contribution in [0.15, 0.2) is 24.3 Å². The molecule has 1 aromatic rings. The second kappa shape index (κ2) is 7.62. The van der Waals surface area contributed by atoms with Crippen molar-refractivity contribution < 1.29 is 19.1 Å². The van der Waals surface area contributed by atoms with Crippen molar-refractivity contribution in [2.45, 2.75) is 39.3 Å². The molecule has 0 aliphatic heterocycles. The summed E-state index contributed by atoms with van der Waals surface area (Å²) in [5.41, 5.74) is 6.02. The molecule has 0 aromatic heterocycles. The zero-order chi connectivity index (χ0) is 17.6. The molecular weight excluding hydrogens is 298 g/mol. The normalized spacial score (nSPS) is 12.2. The van der Waals surface area contributed by atoms with E-state index in [0.29, 0.717) is 5.56 Å². The van der Waals surface area contributed by atoms with Gasteiger partial charge in [0.25, 0.3) is 5.91 Å². The van der Waals surface area contributed by atoms with E-state index in [1.165, 1.54) is 0 Å². The van der Waals surface area contributed by atoms with Crippen molar-refractivity contribution in [2.24, 2.45) is 5.73 Å². The fraction of sp³-hybridized carbons (Fsp3) is 0.438. The highest BCUT2D eigenvalue weighted by Crippen LogP contribution is 2.07. The molecule has 7 heteroatoms. The van der Waals surface area contributed by atoms with Gasteiger partial charge in [-0.1, -0.05) is 17.7 Å². The summed E-state index contributed by atoms with van der Waals surface area (Å²) in [5.74, 6) is -1.12. The summed E-state index contributed by atoms with van der Waals surface area (Å²) < 4.78 is 5.05. The summed E-state index contributed by atoms with van der Waals surface area (Å²) in [7, 11) is 0. The molecule has 4 N–H and O–H groups in total. The van der Waals surface area contributed by atoms with E-state index in [2.05, 4.69) is 10.6 Å². The molecule has 0 spiro atoms. The average Bonchev–Trinajstić information content (AvgIpc) is 2.41. The van der Waals surface area contributed by atoms with Crippen LogP contribution in [0.4, 0.5) is 4.79 Å². The van der Waals surface area contributed by atoms with Gasteiger partial charge in [0.2, 0.25) is 5.91 Å². The van der Waals surface area contributed by atoms with E-state index >= 15 is 0 Å². The second-order valence-electron chi connectivity index (χ2n) is 6.18. The lowest BCUT2D eigenvalue weighted by atomic mass is 10.1. The van der Waals surface area contributed by atoms with Crippen molar-refractivity contribution in [3.63, 3.8) is 0 Å². The van der Waals surface area contributed by atoms with E-state index in [-0.39, 0.29) is 12.5 Å². The maximum Gasteiger partial charge on any atom is 0.408 e. The quantitative estimate of drug-likeness (QED) is 0.754. The maximum absolute atomic E-state index is 12.0. The largest absolute Gasteiger partial charge is 0.444 e. The molecule has 0 bridgehead atoms. The Labute approximate surface area is 135 Å². The molecule has 3 amide bonds. The van der Waals surface area contributed by atoms with E-state index < -0.39 is 23.6 Å². The summed E-state index contributed by atoms with van der Waals surface area (Å²) in [6.45, 7) is 6.89. The highest BCUT2D eigenvalue weighted by atomic mass is 16.6. The Morgan fingerprint density at radius 3 is 2.22 bits per heavy atom. The van der Waals surface area contributed by atoms with Crippen molar-refractivity contribution in [1.29, 1.82) is 0 Å². The van der Waals surface area contributed by atoms with Gasteiger partial charge in [-0.25, -0.2) is 4.79 Å². The molecule has 0 saturated heterocycles. The molecule has 7 nitrogen and oxygen atoms in total. The number of amides is 3. The van der Waals surface area contributed by atoms with Gasteiger partial charge in [-0.15, -0.1) is 0 Å². The number of alkyl carbamates (subject to hydrolysis) is 1. The fourth-order valence-electron chi connectivity index (χ4n) is 1.67. The Balaban J connectivity index is 2.59. The minimum Gasteiger partial charge on any atom is -0.444 e. The van der Waals surface area contributed by atoms with Crippen molar-refractivity contribution in [1.82, 2.24) is 10.6 Å². The average molecular weight is 321 g/mol. The van der Waals surface area contributed by atoms with Crippen molar-refractivity contribution in [2.75, 3.05) is 6.54 Å².